The number of hydrogen-bond acceptors (Lipinski definition) is 7. The zero-order chi connectivity index (χ0) is 24.9. The Morgan fingerprint density at radius 1 is 1.17 bits per heavy atom. The number of aliphatic imine (C=N–C) groups is 1. The van der Waals surface area contributed by atoms with Gasteiger partial charge in [0.2, 0.25) is 0 Å². The van der Waals surface area contributed by atoms with Crippen LogP contribution in [0.5, 0.6) is 0 Å². The van der Waals surface area contributed by atoms with Crippen LogP contribution in [0.1, 0.15) is 38.4 Å². The van der Waals surface area contributed by atoms with E-state index in [4.69, 9.17) is 5.73 Å². The van der Waals surface area contributed by atoms with Gasteiger partial charge in [-0.05, 0) is 45.7 Å². The molecule has 2 fully saturated rings. The summed E-state index contributed by atoms with van der Waals surface area (Å²) < 4.78 is 31.3. The average Bonchev–Trinajstić information content (AvgIpc) is 3.56. The number of anilines is 3. The van der Waals surface area contributed by atoms with Crippen molar-refractivity contribution in [2.75, 3.05) is 23.3 Å². The van der Waals surface area contributed by atoms with E-state index in [0.717, 1.165) is 12.8 Å². The molecule has 3 aromatic rings. The van der Waals surface area contributed by atoms with E-state index in [1.54, 1.807) is 0 Å². The molecular weight excluding hydrogens is 454 g/mol. The molecule has 0 radical (unpaired) electrons. The zero-order valence-corrected chi connectivity index (χ0v) is 19.8. The number of aromatic nitrogens is 3. The van der Waals surface area contributed by atoms with E-state index < -0.39 is 11.6 Å². The molecule has 1 saturated carbocycles. The minimum Gasteiger partial charge on any atom is -0.387 e. The van der Waals surface area contributed by atoms with Crippen molar-refractivity contribution >= 4 is 45.7 Å². The molecule has 35 heavy (non-hydrogen) atoms. The van der Waals surface area contributed by atoms with Crippen molar-refractivity contribution in [2.24, 2.45) is 16.6 Å². The molecule has 2 aromatic heterocycles. The van der Waals surface area contributed by atoms with Crippen molar-refractivity contribution in [1.82, 2.24) is 20.1 Å². The summed E-state index contributed by atoms with van der Waals surface area (Å²) in [6.45, 7) is 7.13. The van der Waals surface area contributed by atoms with E-state index in [1.807, 2.05) is 6.07 Å². The van der Waals surface area contributed by atoms with Crippen LogP contribution in [-0.2, 0) is 0 Å². The normalized spacial score (nSPS) is 20.9. The molecule has 0 spiro atoms. The van der Waals surface area contributed by atoms with Gasteiger partial charge in [0.15, 0.2) is 17.5 Å². The number of benzene rings is 1. The summed E-state index contributed by atoms with van der Waals surface area (Å²) in [5.41, 5.74) is 6.83. The van der Waals surface area contributed by atoms with Crippen molar-refractivity contribution in [3.63, 3.8) is 0 Å². The van der Waals surface area contributed by atoms with E-state index in [0.29, 0.717) is 24.3 Å². The molecule has 1 aromatic carbocycles. The SMILES string of the molecule is C/C(N)=N/c1ncc(Nc2nn(C(=O)C3CC3)c3cc(N4CC(C)NC(C)C4)cc(F)c23)cc1F. The second kappa shape index (κ2) is 8.88. The average molecular weight is 483 g/mol. The Balaban J connectivity index is 1.56. The van der Waals surface area contributed by atoms with Gasteiger partial charge in [0.05, 0.1) is 28.6 Å². The second-order valence-electron chi connectivity index (χ2n) is 9.48. The minimum atomic E-state index is -0.692. The predicted molar refractivity (Wildman–Crippen MR) is 132 cm³/mol. The van der Waals surface area contributed by atoms with E-state index in [9.17, 15) is 9.18 Å². The van der Waals surface area contributed by atoms with Crippen molar-refractivity contribution in [2.45, 2.75) is 45.7 Å². The van der Waals surface area contributed by atoms with Gasteiger partial charge in [0.1, 0.15) is 5.82 Å². The van der Waals surface area contributed by atoms with Crippen LogP contribution < -0.4 is 21.3 Å². The minimum absolute atomic E-state index is 0.118. The summed E-state index contributed by atoms with van der Waals surface area (Å²) in [7, 11) is 0. The number of fused-ring (bicyclic) bond motifs is 1. The Kier molecular flexibility index (Phi) is 5.87. The van der Waals surface area contributed by atoms with Crippen molar-refractivity contribution in [3.8, 4) is 0 Å². The number of nitrogens with two attached hydrogens (primary N) is 1. The van der Waals surface area contributed by atoms with Gasteiger partial charge in [-0.2, -0.15) is 4.68 Å². The van der Waals surface area contributed by atoms with E-state index >= 15 is 4.39 Å². The first kappa shape index (κ1) is 23.2. The Morgan fingerprint density at radius 2 is 1.89 bits per heavy atom. The molecule has 1 aliphatic carbocycles. The molecular formula is C24H28F2N8O. The molecule has 0 amide bonds. The fourth-order valence-corrected chi connectivity index (χ4v) is 4.55. The highest BCUT2D eigenvalue weighted by Gasteiger charge is 2.34. The van der Waals surface area contributed by atoms with Crippen LogP contribution in [0.4, 0.5) is 31.8 Å². The number of hydrogen-bond donors (Lipinski definition) is 3. The quantitative estimate of drug-likeness (QED) is 0.375. The first-order valence-corrected chi connectivity index (χ1v) is 11.7. The van der Waals surface area contributed by atoms with E-state index in [-0.39, 0.29) is 52.5 Å². The van der Waals surface area contributed by atoms with Gasteiger partial charge in [0.25, 0.3) is 5.91 Å². The molecule has 11 heteroatoms. The molecule has 1 aliphatic heterocycles. The Morgan fingerprint density at radius 3 is 2.51 bits per heavy atom. The lowest BCUT2D eigenvalue weighted by molar-refractivity contribution is 0.0876. The lowest BCUT2D eigenvalue weighted by Gasteiger charge is -2.37. The van der Waals surface area contributed by atoms with Crippen LogP contribution in [0.15, 0.2) is 29.4 Å². The topological polar surface area (TPSA) is 113 Å². The fourth-order valence-electron chi connectivity index (χ4n) is 4.55. The smallest absolute Gasteiger partial charge is 0.250 e. The number of rotatable bonds is 5. The summed E-state index contributed by atoms with van der Waals surface area (Å²) >= 11 is 0. The van der Waals surface area contributed by atoms with Gasteiger partial charge in [0, 0.05) is 42.8 Å². The number of piperazine rings is 1. The third-order valence-electron chi connectivity index (χ3n) is 6.14. The van der Waals surface area contributed by atoms with Crippen LogP contribution in [0.2, 0.25) is 0 Å². The van der Waals surface area contributed by atoms with Crippen molar-refractivity contribution in [1.29, 1.82) is 0 Å². The maximum Gasteiger partial charge on any atom is 0.250 e. The van der Waals surface area contributed by atoms with Gasteiger partial charge < -0.3 is 21.3 Å². The highest BCUT2D eigenvalue weighted by molar-refractivity contribution is 6.01. The third-order valence-corrected chi connectivity index (χ3v) is 6.14. The summed E-state index contributed by atoms with van der Waals surface area (Å²) in [4.78, 5) is 22.9. The molecule has 4 N–H and O–H groups in total. The fraction of sp³-hybridized carbons (Fsp3) is 0.417. The monoisotopic (exact) mass is 482 g/mol. The van der Waals surface area contributed by atoms with Crippen molar-refractivity contribution in [3.05, 3.63) is 36.0 Å². The Bertz CT molecular complexity index is 1320. The molecule has 184 valence electrons. The molecule has 2 aliphatic rings. The molecule has 5 rings (SSSR count). The Hall–Kier alpha value is -3.60. The molecule has 9 nitrogen and oxygen atoms in total. The van der Waals surface area contributed by atoms with Gasteiger partial charge in [-0.25, -0.2) is 18.8 Å². The summed E-state index contributed by atoms with van der Waals surface area (Å²) in [5, 5.41) is 11.0. The second-order valence-corrected chi connectivity index (χ2v) is 9.48. The maximum absolute atomic E-state index is 15.6. The van der Waals surface area contributed by atoms with Crippen LogP contribution in [-0.4, -0.2) is 51.7 Å². The first-order chi connectivity index (χ1) is 16.7. The van der Waals surface area contributed by atoms with E-state index in [2.05, 4.69) is 44.5 Å². The number of nitrogens with zero attached hydrogens (tertiary/aromatic N) is 5. The molecule has 3 heterocycles. The summed E-state index contributed by atoms with van der Waals surface area (Å²) in [6, 6.07) is 4.93. The maximum atomic E-state index is 15.6. The zero-order valence-electron chi connectivity index (χ0n) is 19.8. The molecule has 2 atom stereocenters. The summed E-state index contributed by atoms with van der Waals surface area (Å²) in [5.74, 6) is -1.35. The first-order valence-electron chi connectivity index (χ1n) is 11.7. The highest BCUT2D eigenvalue weighted by atomic mass is 19.1. The van der Waals surface area contributed by atoms with Crippen LogP contribution in [0.3, 0.4) is 0 Å². The number of carbonyl (C=O) groups is 1. The van der Waals surface area contributed by atoms with Crippen molar-refractivity contribution < 1.29 is 13.6 Å². The largest absolute Gasteiger partial charge is 0.387 e. The number of nitrogens with one attached hydrogen (secondary N) is 2. The molecule has 0 bridgehead atoms. The van der Waals surface area contributed by atoms with Gasteiger partial charge in [-0.1, -0.05) is 0 Å². The summed E-state index contributed by atoms with van der Waals surface area (Å²) in [6.07, 6.45) is 2.93. The molecule has 1 saturated heterocycles. The lowest BCUT2D eigenvalue weighted by Crippen LogP contribution is -2.54. The van der Waals surface area contributed by atoms with Gasteiger partial charge >= 0.3 is 0 Å². The number of amidine groups is 1. The van der Waals surface area contributed by atoms with Crippen LogP contribution in [0, 0.1) is 17.6 Å². The van der Waals surface area contributed by atoms with Crippen LogP contribution in [0.25, 0.3) is 10.9 Å². The number of carbonyl (C=O) groups excluding carboxylic acids is 1. The van der Waals surface area contributed by atoms with Gasteiger partial charge in [-0.3, -0.25) is 4.79 Å². The van der Waals surface area contributed by atoms with Gasteiger partial charge in [-0.15, -0.1) is 5.10 Å². The standard InChI is InChI=1S/C24H28F2N8O/c1-12-10-33(11-13(2)29-12)17-7-18(25)21-20(8-17)34(24(35)15-4-5-15)32-23(21)31-16-6-19(26)22(28-9-16)30-14(3)27/h6-9,12-13,15,29H,4-5,10-11H2,1-3H3,(H,31,32)(H2,27,28,30). The number of pyridine rings is 1. The predicted octanol–water partition coefficient (Wildman–Crippen LogP) is 3.70. The number of halogens is 2. The third kappa shape index (κ3) is 4.68. The highest BCUT2D eigenvalue weighted by Crippen LogP contribution is 2.36. The molecule has 2 unspecified atom stereocenters. The van der Waals surface area contributed by atoms with Crippen LogP contribution >= 0.6 is 0 Å². The lowest BCUT2D eigenvalue weighted by atomic mass is 10.1. The Labute approximate surface area is 201 Å². The van der Waals surface area contributed by atoms with E-state index in [1.165, 1.54) is 29.9 Å².